The molecule has 1 unspecified atom stereocenters. The van der Waals surface area contributed by atoms with Crippen LogP contribution in [0.5, 0.6) is 5.75 Å². The minimum atomic E-state index is -0.526. The molecule has 1 atom stereocenters. The summed E-state index contributed by atoms with van der Waals surface area (Å²) >= 11 is 11.1. The minimum Gasteiger partial charge on any atom is -0.508 e. The van der Waals surface area contributed by atoms with Crippen LogP contribution in [0.15, 0.2) is 18.2 Å². The molecule has 1 aliphatic carbocycles. The first-order chi connectivity index (χ1) is 12.8. The topological polar surface area (TPSA) is 81.1 Å². The average Bonchev–Trinajstić information content (AvgIpc) is 3.33. The fraction of sp³-hybridized carbons (Fsp3) is 0.579. The lowest BCUT2D eigenvalue weighted by molar-refractivity contribution is -0.140. The molecule has 2 amide bonds. The summed E-state index contributed by atoms with van der Waals surface area (Å²) in [6, 6.07) is 4.41. The summed E-state index contributed by atoms with van der Waals surface area (Å²) in [7, 11) is 1.63. The number of aromatic hydroxyl groups is 1. The maximum atomic E-state index is 11.9. The van der Waals surface area contributed by atoms with Gasteiger partial charge in [0.05, 0.1) is 29.1 Å². The molecule has 2 N–H and O–H groups in total. The van der Waals surface area contributed by atoms with Crippen molar-refractivity contribution >= 4 is 35.0 Å². The van der Waals surface area contributed by atoms with Crippen molar-refractivity contribution in [3.63, 3.8) is 0 Å². The Morgan fingerprint density at radius 2 is 1.85 bits per heavy atom. The summed E-state index contributed by atoms with van der Waals surface area (Å²) in [4.78, 5) is 26.9. The Morgan fingerprint density at radius 3 is 2.37 bits per heavy atom. The average molecular weight is 417 g/mol. The zero-order chi connectivity index (χ0) is 20.0. The van der Waals surface area contributed by atoms with Crippen LogP contribution in [0.1, 0.15) is 32.1 Å². The van der Waals surface area contributed by atoms with Crippen molar-refractivity contribution in [1.29, 1.82) is 0 Å². The van der Waals surface area contributed by atoms with E-state index in [0.717, 1.165) is 38.8 Å². The highest BCUT2D eigenvalue weighted by atomic mass is 35.5. The summed E-state index contributed by atoms with van der Waals surface area (Å²) < 4.78 is 0. The molecule has 150 valence electrons. The van der Waals surface area contributed by atoms with Gasteiger partial charge in [-0.1, -0.05) is 23.2 Å². The lowest BCUT2D eigenvalue weighted by Gasteiger charge is -2.22. The van der Waals surface area contributed by atoms with Gasteiger partial charge in [-0.25, -0.2) is 0 Å². The van der Waals surface area contributed by atoms with Crippen LogP contribution in [-0.4, -0.2) is 64.6 Å². The molecule has 1 aromatic carbocycles. The fourth-order valence-corrected chi connectivity index (χ4v) is 3.12. The molecule has 0 aromatic heterocycles. The largest absolute Gasteiger partial charge is 0.508 e. The number of hydrogen-bond donors (Lipinski definition) is 2. The number of rotatable bonds is 5. The number of phenolic OH excluding ortho intramolecular Hbond substituents is 1. The first-order valence-corrected chi connectivity index (χ1v) is 9.87. The predicted molar refractivity (Wildman–Crippen MR) is 105 cm³/mol. The monoisotopic (exact) mass is 416 g/mol. The SMILES string of the molecule is CN(CC(=O)N1CCCC1)C(=O)CC(O)C1CC1.Oc1ccc(Cl)c(Cl)c1. The Bertz CT molecular complexity index is 661. The highest BCUT2D eigenvalue weighted by molar-refractivity contribution is 6.42. The summed E-state index contributed by atoms with van der Waals surface area (Å²) in [5, 5.41) is 19.3. The van der Waals surface area contributed by atoms with E-state index >= 15 is 0 Å². The normalized spacial score (nSPS) is 17.1. The third-order valence-electron chi connectivity index (χ3n) is 4.71. The van der Waals surface area contributed by atoms with Crippen molar-refractivity contribution in [3.05, 3.63) is 28.2 Å². The molecule has 1 saturated carbocycles. The van der Waals surface area contributed by atoms with E-state index in [1.807, 2.05) is 0 Å². The van der Waals surface area contributed by atoms with Crippen LogP contribution in [0.25, 0.3) is 0 Å². The van der Waals surface area contributed by atoms with Crippen LogP contribution in [0.3, 0.4) is 0 Å². The number of hydrogen-bond acceptors (Lipinski definition) is 4. The zero-order valence-electron chi connectivity index (χ0n) is 15.4. The van der Waals surface area contributed by atoms with Crippen LogP contribution in [0.2, 0.25) is 10.0 Å². The number of halogens is 2. The van der Waals surface area contributed by atoms with Crippen LogP contribution in [0, 0.1) is 5.92 Å². The Hall–Kier alpha value is -1.50. The highest BCUT2D eigenvalue weighted by Crippen LogP contribution is 2.34. The van der Waals surface area contributed by atoms with Crippen molar-refractivity contribution in [1.82, 2.24) is 9.80 Å². The van der Waals surface area contributed by atoms with Gasteiger partial charge < -0.3 is 20.0 Å². The molecule has 1 aromatic rings. The van der Waals surface area contributed by atoms with Gasteiger partial charge in [-0.3, -0.25) is 9.59 Å². The van der Waals surface area contributed by atoms with Crippen LogP contribution in [-0.2, 0) is 9.59 Å². The Balaban J connectivity index is 0.000000244. The van der Waals surface area contributed by atoms with Crippen molar-refractivity contribution in [2.75, 3.05) is 26.7 Å². The number of nitrogens with zero attached hydrogens (tertiary/aromatic N) is 2. The number of aliphatic hydroxyl groups is 1. The van der Waals surface area contributed by atoms with E-state index < -0.39 is 6.10 Å². The van der Waals surface area contributed by atoms with Gasteiger partial charge in [-0.2, -0.15) is 0 Å². The Morgan fingerprint density at radius 1 is 1.22 bits per heavy atom. The number of amides is 2. The molecule has 1 saturated heterocycles. The molecular weight excluding hydrogens is 391 g/mol. The fourth-order valence-electron chi connectivity index (χ4n) is 2.83. The second-order valence-corrected chi connectivity index (χ2v) is 7.86. The number of likely N-dealkylation sites (tertiary alicyclic amines) is 1. The molecule has 1 aliphatic heterocycles. The van der Waals surface area contributed by atoms with Crippen molar-refractivity contribution < 1.29 is 19.8 Å². The van der Waals surface area contributed by atoms with Gasteiger partial charge in [0, 0.05) is 20.1 Å². The van der Waals surface area contributed by atoms with E-state index in [1.54, 1.807) is 18.0 Å². The van der Waals surface area contributed by atoms with Gasteiger partial charge in [-0.05, 0) is 49.8 Å². The summed E-state index contributed by atoms with van der Waals surface area (Å²) in [6.45, 7) is 1.76. The van der Waals surface area contributed by atoms with Crippen LogP contribution >= 0.6 is 23.2 Å². The maximum absolute atomic E-state index is 11.9. The lowest BCUT2D eigenvalue weighted by Crippen LogP contribution is -2.40. The molecule has 27 heavy (non-hydrogen) atoms. The second kappa shape index (κ2) is 10.2. The van der Waals surface area contributed by atoms with E-state index in [9.17, 15) is 14.7 Å². The number of benzene rings is 1. The first kappa shape index (κ1) is 21.8. The van der Waals surface area contributed by atoms with Gasteiger partial charge >= 0.3 is 0 Å². The lowest BCUT2D eigenvalue weighted by atomic mass is 10.1. The molecule has 2 fully saturated rings. The van der Waals surface area contributed by atoms with Gasteiger partial charge in [0.25, 0.3) is 0 Å². The van der Waals surface area contributed by atoms with E-state index in [4.69, 9.17) is 28.3 Å². The number of aliphatic hydroxyl groups excluding tert-OH is 1. The first-order valence-electron chi connectivity index (χ1n) is 9.11. The standard InChI is InChI=1S/C13H22N2O3.C6H4Cl2O/c1-14(9-13(18)15-6-2-3-7-15)12(17)8-11(16)10-4-5-10;7-5-2-1-4(9)3-6(5)8/h10-11,16H,2-9H2,1H3;1-3,9H. The van der Waals surface area contributed by atoms with Gasteiger partial charge in [-0.15, -0.1) is 0 Å². The van der Waals surface area contributed by atoms with Crippen molar-refractivity contribution in [3.8, 4) is 5.75 Å². The molecule has 6 nitrogen and oxygen atoms in total. The van der Waals surface area contributed by atoms with E-state index in [2.05, 4.69) is 0 Å². The van der Waals surface area contributed by atoms with E-state index in [0.29, 0.717) is 16.0 Å². The number of phenols is 1. The molecule has 0 bridgehead atoms. The van der Waals surface area contributed by atoms with E-state index in [-0.39, 0.29) is 30.5 Å². The Labute approximate surface area is 169 Å². The smallest absolute Gasteiger partial charge is 0.242 e. The predicted octanol–water partition coefficient (Wildman–Crippen LogP) is 2.93. The highest BCUT2D eigenvalue weighted by Gasteiger charge is 2.32. The molecular formula is C19H26Cl2N2O4. The van der Waals surface area contributed by atoms with Gasteiger partial charge in [0.2, 0.25) is 11.8 Å². The third-order valence-corrected chi connectivity index (χ3v) is 5.45. The molecule has 8 heteroatoms. The molecule has 0 spiro atoms. The summed E-state index contributed by atoms with van der Waals surface area (Å²) in [5.74, 6) is 0.312. The molecule has 0 radical (unpaired) electrons. The Kier molecular flexibility index (Phi) is 8.20. The molecule has 1 heterocycles. The minimum absolute atomic E-state index is 0.0178. The zero-order valence-corrected chi connectivity index (χ0v) is 16.9. The van der Waals surface area contributed by atoms with Crippen LogP contribution in [0.4, 0.5) is 0 Å². The summed E-state index contributed by atoms with van der Waals surface area (Å²) in [6.07, 6.45) is 3.78. The van der Waals surface area contributed by atoms with Gasteiger partial charge in [0.1, 0.15) is 5.75 Å². The van der Waals surface area contributed by atoms with Crippen molar-refractivity contribution in [2.45, 2.75) is 38.2 Å². The molecule has 3 rings (SSSR count). The second-order valence-electron chi connectivity index (χ2n) is 7.05. The maximum Gasteiger partial charge on any atom is 0.242 e. The van der Waals surface area contributed by atoms with Gasteiger partial charge in [0.15, 0.2) is 0 Å². The van der Waals surface area contributed by atoms with Crippen LogP contribution < -0.4 is 0 Å². The number of carbonyl (C=O) groups is 2. The number of carbonyl (C=O) groups excluding carboxylic acids is 2. The number of likely N-dealkylation sites (N-methyl/N-ethyl adjacent to an activating group) is 1. The third kappa shape index (κ3) is 7.20. The quantitative estimate of drug-likeness (QED) is 0.772. The summed E-state index contributed by atoms with van der Waals surface area (Å²) in [5.41, 5.74) is 0. The molecule has 2 aliphatic rings. The van der Waals surface area contributed by atoms with E-state index in [1.165, 1.54) is 17.0 Å². The van der Waals surface area contributed by atoms with Crippen molar-refractivity contribution in [2.24, 2.45) is 5.92 Å².